The zero-order valence-electron chi connectivity index (χ0n) is 14.2. The number of alkyl halides is 3. The molecule has 1 aliphatic carbocycles. The van der Waals surface area contributed by atoms with Crippen LogP contribution < -0.4 is 0 Å². The molecule has 0 radical (unpaired) electrons. The van der Waals surface area contributed by atoms with Gasteiger partial charge >= 0.3 is 6.18 Å². The third kappa shape index (κ3) is 3.98. The second-order valence-electron chi connectivity index (χ2n) is 7.12. The van der Waals surface area contributed by atoms with Crippen LogP contribution in [0, 0.1) is 5.92 Å². The van der Waals surface area contributed by atoms with Gasteiger partial charge in [0.05, 0.1) is 17.7 Å². The number of rotatable bonds is 4. The molecule has 138 valence electrons. The quantitative estimate of drug-likeness (QED) is 0.902. The molecule has 0 spiro atoms. The predicted octanol–water partition coefficient (Wildman–Crippen LogP) is 2.51. The fourth-order valence-corrected chi connectivity index (χ4v) is 3.50. The Morgan fingerprint density at radius 1 is 1.24 bits per heavy atom. The smallest absolute Gasteiger partial charge is 0.390 e. The van der Waals surface area contributed by atoms with Crippen LogP contribution in [0.5, 0.6) is 0 Å². The lowest BCUT2D eigenvalue weighted by Gasteiger charge is -2.30. The lowest BCUT2D eigenvalue weighted by atomic mass is 9.84. The van der Waals surface area contributed by atoms with Crippen molar-refractivity contribution in [2.24, 2.45) is 5.92 Å². The van der Waals surface area contributed by atoms with Crippen LogP contribution in [0.25, 0.3) is 0 Å². The highest BCUT2D eigenvalue weighted by Crippen LogP contribution is 2.31. The summed E-state index contributed by atoms with van der Waals surface area (Å²) < 4.78 is 37.8. The molecule has 2 aliphatic rings. The van der Waals surface area contributed by atoms with E-state index in [-0.39, 0.29) is 17.9 Å². The lowest BCUT2D eigenvalue weighted by molar-refractivity contribution is -0.138. The van der Waals surface area contributed by atoms with E-state index in [2.05, 4.69) is 0 Å². The highest BCUT2D eigenvalue weighted by atomic mass is 19.4. The number of hydrogen-bond donors (Lipinski definition) is 1. The molecule has 7 heteroatoms. The minimum absolute atomic E-state index is 0.103. The summed E-state index contributed by atoms with van der Waals surface area (Å²) in [5, 5.41) is 10.3. The number of nitrogens with zero attached hydrogens (tertiary/aromatic N) is 2. The number of likely N-dealkylation sites (N-methyl/N-ethyl adjacent to an activating group) is 1. The van der Waals surface area contributed by atoms with E-state index in [1.807, 2.05) is 11.9 Å². The Bertz CT molecular complexity index is 614. The molecule has 0 unspecified atom stereocenters. The van der Waals surface area contributed by atoms with Crippen LogP contribution >= 0.6 is 0 Å². The van der Waals surface area contributed by atoms with Crippen LogP contribution in [-0.2, 0) is 17.5 Å². The van der Waals surface area contributed by atoms with Gasteiger partial charge in [-0.1, -0.05) is 18.6 Å². The minimum atomic E-state index is -4.34. The normalized spacial score (nSPS) is 24.6. The van der Waals surface area contributed by atoms with Gasteiger partial charge in [-0.15, -0.1) is 0 Å². The van der Waals surface area contributed by atoms with E-state index in [9.17, 15) is 23.1 Å². The molecule has 2 fully saturated rings. The Morgan fingerprint density at radius 3 is 2.40 bits per heavy atom. The predicted molar refractivity (Wildman–Crippen MR) is 86.6 cm³/mol. The first-order valence-corrected chi connectivity index (χ1v) is 8.59. The number of aliphatic hydroxyl groups is 1. The maximum Gasteiger partial charge on any atom is 0.416 e. The summed E-state index contributed by atoms with van der Waals surface area (Å²) in [6.45, 7) is 1.22. The second-order valence-corrected chi connectivity index (χ2v) is 7.12. The Labute approximate surface area is 145 Å². The maximum atomic E-state index is 12.6. The van der Waals surface area contributed by atoms with Crippen LogP contribution in [0.4, 0.5) is 13.2 Å². The van der Waals surface area contributed by atoms with Gasteiger partial charge in [-0.2, -0.15) is 13.2 Å². The van der Waals surface area contributed by atoms with E-state index in [4.69, 9.17) is 0 Å². The number of carbonyl (C=O) groups is 1. The zero-order valence-corrected chi connectivity index (χ0v) is 14.2. The average Bonchev–Trinajstić information content (AvgIpc) is 2.87. The minimum Gasteiger partial charge on any atom is -0.390 e. The van der Waals surface area contributed by atoms with E-state index in [1.54, 1.807) is 4.90 Å². The third-order valence-electron chi connectivity index (χ3n) is 5.30. The van der Waals surface area contributed by atoms with Gasteiger partial charge in [-0.05, 0) is 37.6 Å². The van der Waals surface area contributed by atoms with E-state index in [1.165, 1.54) is 12.1 Å². The van der Waals surface area contributed by atoms with Crippen molar-refractivity contribution in [2.45, 2.75) is 44.1 Å². The van der Waals surface area contributed by atoms with Crippen molar-refractivity contribution in [3.05, 3.63) is 35.4 Å². The summed E-state index contributed by atoms with van der Waals surface area (Å²) in [4.78, 5) is 15.9. The van der Waals surface area contributed by atoms with Gasteiger partial charge in [0, 0.05) is 25.6 Å². The van der Waals surface area contributed by atoms with E-state index in [0.717, 1.165) is 37.0 Å². The van der Waals surface area contributed by atoms with Crippen molar-refractivity contribution < 1.29 is 23.1 Å². The molecule has 1 saturated heterocycles. The first kappa shape index (κ1) is 18.2. The molecule has 1 amide bonds. The SMILES string of the molecule is CN(Cc1ccc(C(F)(F)F)cc1)[C@H]1CN(C(=O)C2CCC2)C[C@@H]1O. The molecular formula is C18H23F3N2O2. The van der Waals surface area contributed by atoms with Crippen molar-refractivity contribution in [2.75, 3.05) is 20.1 Å². The van der Waals surface area contributed by atoms with Crippen molar-refractivity contribution in [1.82, 2.24) is 9.80 Å². The summed E-state index contributed by atoms with van der Waals surface area (Å²) in [5.41, 5.74) is 0.0727. The number of aliphatic hydroxyl groups excluding tert-OH is 1. The monoisotopic (exact) mass is 356 g/mol. The molecule has 0 bridgehead atoms. The number of amides is 1. The molecule has 1 saturated carbocycles. The molecule has 1 N–H and O–H groups in total. The van der Waals surface area contributed by atoms with Gasteiger partial charge in [0.25, 0.3) is 0 Å². The summed E-state index contributed by atoms with van der Waals surface area (Å²) in [7, 11) is 1.82. The molecule has 1 aromatic carbocycles. The van der Waals surface area contributed by atoms with E-state index >= 15 is 0 Å². The van der Waals surface area contributed by atoms with E-state index < -0.39 is 17.8 Å². The number of β-amino-alcohol motifs (C(OH)–C–C–N with tert-alkyl or cyclic N) is 1. The topological polar surface area (TPSA) is 43.8 Å². The highest BCUT2D eigenvalue weighted by molar-refractivity contribution is 5.80. The van der Waals surface area contributed by atoms with E-state index in [0.29, 0.717) is 19.6 Å². The summed E-state index contributed by atoms with van der Waals surface area (Å²) in [6.07, 6.45) is -2.03. The van der Waals surface area contributed by atoms with Gasteiger partial charge in [-0.25, -0.2) is 0 Å². The van der Waals surface area contributed by atoms with Crippen molar-refractivity contribution >= 4 is 5.91 Å². The first-order valence-electron chi connectivity index (χ1n) is 8.59. The molecule has 2 atom stereocenters. The molecule has 3 rings (SSSR count). The fourth-order valence-electron chi connectivity index (χ4n) is 3.50. The van der Waals surface area contributed by atoms with Crippen LogP contribution in [0.1, 0.15) is 30.4 Å². The summed E-state index contributed by atoms with van der Waals surface area (Å²) >= 11 is 0. The van der Waals surface area contributed by atoms with Gasteiger partial charge < -0.3 is 10.0 Å². The van der Waals surface area contributed by atoms with Gasteiger partial charge in [0.2, 0.25) is 5.91 Å². The first-order chi connectivity index (χ1) is 11.8. The van der Waals surface area contributed by atoms with Gasteiger partial charge in [-0.3, -0.25) is 9.69 Å². The number of hydrogen-bond acceptors (Lipinski definition) is 3. The summed E-state index contributed by atoms with van der Waals surface area (Å²) in [5.74, 6) is 0.224. The standard InChI is InChI=1S/C18H23F3N2O2/c1-22(9-12-5-7-14(8-6-12)18(19,20)21)15-10-23(11-16(15)24)17(25)13-3-2-4-13/h5-8,13,15-16,24H,2-4,9-11H2,1H3/t15-,16-/m0/s1. The Kier molecular flexibility index (Phi) is 5.06. The van der Waals surface area contributed by atoms with Gasteiger partial charge in [0.1, 0.15) is 0 Å². The number of likely N-dealkylation sites (tertiary alicyclic amines) is 1. The molecular weight excluding hydrogens is 333 g/mol. The van der Waals surface area contributed by atoms with Crippen molar-refractivity contribution in [1.29, 1.82) is 0 Å². The molecule has 1 aromatic rings. The maximum absolute atomic E-state index is 12.6. The van der Waals surface area contributed by atoms with Crippen LogP contribution in [0.3, 0.4) is 0 Å². The van der Waals surface area contributed by atoms with Crippen molar-refractivity contribution in [3.63, 3.8) is 0 Å². The molecule has 0 aromatic heterocycles. The Hall–Kier alpha value is -1.60. The average molecular weight is 356 g/mol. The molecule has 25 heavy (non-hydrogen) atoms. The Balaban J connectivity index is 1.59. The number of benzene rings is 1. The summed E-state index contributed by atoms with van der Waals surface area (Å²) in [6, 6.07) is 4.85. The largest absolute Gasteiger partial charge is 0.416 e. The zero-order chi connectivity index (χ0) is 18.2. The van der Waals surface area contributed by atoms with Crippen molar-refractivity contribution in [3.8, 4) is 0 Å². The van der Waals surface area contributed by atoms with Crippen LogP contribution in [0.15, 0.2) is 24.3 Å². The molecule has 4 nitrogen and oxygen atoms in total. The van der Waals surface area contributed by atoms with Gasteiger partial charge in [0.15, 0.2) is 0 Å². The Morgan fingerprint density at radius 2 is 1.88 bits per heavy atom. The van der Waals surface area contributed by atoms with Crippen LogP contribution in [-0.4, -0.2) is 53.1 Å². The number of carbonyl (C=O) groups excluding carboxylic acids is 1. The van der Waals surface area contributed by atoms with Crippen LogP contribution in [0.2, 0.25) is 0 Å². The number of halogens is 3. The third-order valence-corrected chi connectivity index (χ3v) is 5.30. The molecule has 1 heterocycles. The fraction of sp³-hybridized carbons (Fsp3) is 0.611. The molecule has 1 aliphatic heterocycles. The highest BCUT2D eigenvalue weighted by Gasteiger charge is 2.39. The second kappa shape index (κ2) is 6.96. The lowest BCUT2D eigenvalue weighted by Crippen LogP contribution is -2.41.